The smallest absolute Gasteiger partial charge is 0.184 e. The quantitative estimate of drug-likeness (QED) is 0.812. The molecule has 1 aliphatic carbocycles. The molecule has 4 nitrogen and oxygen atoms in total. The van der Waals surface area contributed by atoms with Gasteiger partial charge >= 0.3 is 0 Å². The van der Waals surface area contributed by atoms with Crippen LogP contribution in [0.2, 0.25) is 0 Å². The number of hydrogen-bond acceptors (Lipinski definition) is 4. The number of carbonyl (C=O) groups excluding carboxylic acids is 2. The van der Waals surface area contributed by atoms with Crippen LogP contribution in [0, 0.1) is 0 Å². The summed E-state index contributed by atoms with van der Waals surface area (Å²) in [6, 6.07) is 0. The van der Waals surface area contributed by atoms with Gasteiger partial charge in [0.05, 0.1) is 6.10 Å². The first kappa shape index (κ1) is 15.8. The minimum Gasteiger partial charge on any atom is -0.384 e. The van der Waals surface area contributed by atoms with Crippen molar-refractivity contribution in [1.82, 2.24) is 0 Å². The van der Waals surface area contributed by atoms with E-state index in [4.69, 9.17) is 0 Å². The Labute approximate surface area is 113 Å². The number of Topliss-reactive ketones (excluding diaryl/α,β-unsaturated/α-hetero) is 2. The molecule has 0 aromatic heterocycles. The first-order chi connectivity index (χ1) is 8.59. The van der Waals surface area contributed by atoms with E-state index < -0.39 is 11.7 Å². The van der Waals surface area contributed by atoms with E-state index in [-0.39, 0.29) is 18.0 Å². The lowest BCUT2D eigenvalue weighted by atomic mass is 9.81. The van der Waals surface area contributed by atoms with Crippen molar-refractivity contribution in [2.45, 2.75) is 59.2 Å². The van der Waals surface area contributed by atoms with Gasteiger partial charge in [-0.1, -0.05) is 0 Å². The summed E-state index contributed by atoms with van der Waals surface area (Å²) in [4.78, 5) is 23.3. The third kappa shape index (κ3) is 3.01. The van der Waals surface area contributed by atoms with Crippen LogP contribution in [0.1, 0.15) is 47.5 Å². The molecule has 0 saturated heterocycles. The minimum absolute atomic E-state index is 0.0692. The van der Waals surface area contributed by atoms with Crippen LogP contribution in [0.25, 0.3) is 0 Å². The fraction of sp³-hybridized carbons (Fsp3) is 0.600. The summed E-state index contributed by atoms with van der Waals surface area (Å²) in [5.74, 6) is -0.383. The predicted octanol–water partition coefficient (Wildman–Crippen LogP) is 1.70. The number of carbonyl (C=O) groups is 2. The largest absolute Gasteiger partial charge is 0.384 e. The molecule has 0 aromatic rings. The summed E-state index contributed by atoms with van der Waals surface area (Å²) in [7, 11) is 0. The van der Waals surface area contributed by atoms with E-state index >= 15 is 0 Å². The van der Waals surface area contributed by atoms with Gasteiger partial charge in [0.1, 0.15) is 5.60 Å². The van der Waals surface area contributed by atoms with Crippen molar-refractivity contribution in [1.29, 1.82) is 0 Å². The second-order valence-corrected chi connectivity index (χ2v) is 5.52. The van der Waals surface area contributed by atoms with E-state index in [0.29, 0.717) is 28.7 Å². The first-order valence-electron chi connectivity index (χ1n) is 6.42. The van der Waals surface area contributed by atoms with Crippen molar-refractivity contribution in [2.75, 3.05) is 0 Å². The van der Waals surface area contributed by atoms with Gasteiger partial charge in [0, 0.05) is 0 Å². The summed E-state index contributed by atoms with van der Waals surface area (Å²) in [6.45, 7) is 7.90. The molecule has 0 spiro atoms. The van der Waals surface area contributed by atoms with Gasteiger partial charge in [0.25, 0.3) is 0 Å². The molecular formula is C15H22O4. The standard InChI is InChI=1S/C15H22O4/c1-8-9(2)14(18)12(10(3)13(8)17)6-7-15(5,19)11(4)16/h14,18-19H,6-7H2,1-5H3. The Hall–Kier alpha value is -1.26. The number of rotatable bonds is 4. The Morgan fingerprint density at radius 2 is 1.79 bits per heavy atom. The van der Waals surface area contributed by atoms with E-state index in [1.54, 1.807) is 20.8 Å². The fourth-order valence-corrected chi connectivity index (χ4v) is 2.16. The van der Waals surface area contributed by atoms with Gasteiger partial charge in [0.15, 0.2) is 11.6 Å². The monoisotopic (exact) mass is 266 g/mol. The lowest BCUT2D eigenvalue weighted by molar-refractivity contribution is -0.133. The second-order valence-electron chi connectivity index (χ2n) is 5.52. The summed E-state index contributed by atoms with van der Waals surface area (Å²) >= 11 is 0. The molecule has 2 N–H and O–H groups in total. The topological polar surface area (TPSA) is 74.6 Å². The van der Waals surface area contributed by atoms with Crippen molar-refractivity contribution < 1.29 is 19.8 Å². The average Bonchev–Trinajstić information content (AvgIpc) is 2.33. The van der Waals surface area contributed by atoms with Gasteiger partial charge in [-0.2, -0.15) is 0 Å². The highest BCUT2D eigenvalue weighted by Gasteiger charge is 2.31. The van der Waals surface area contributed by atoms with Gasteiger partial charge in [-0.3, -0.25) is 9.59 Å². The van der Waals surface area contributed by atoms with Crippen molar-refractivity contribution in [3.8, 4) is 0 Å². The van der Waals surface area contributed by atoms with Gasteiger partial charge in [0.2, 0.25) is 0 Å². The third-order valence-electron chi connectivity index (χ3n) is 4.13. The molecule has 106 valence electrons. The SMILES string of the molecule is CC(=O)C(C)(O)CCC1=C(C)C(=O)C(C)=C(C)C1O. The molecule has 4 heteroatoms. The Morgan fingerprint density at radius 1 is 1.26 bits per heavy atom. The fourth-order valence-electron chi connectivity index (χ4n) is 2.16. The zero-order valence-corrected chi connectivity index (χ0v) is 12.2. The van der Waals surface area contributed by atoms with Crippen LogP contribution < -0.4 is 0 Å². The summed E-state index contributed by atoms with van der Waals surface area (Å²) in [5, 5.41) is 20.1. The number of aliphatic hydroxyl groups excluding tert-OH is 1. The molecule has 0 bridgehead atoms. The average molecular weight is 266 g/mol. The van der Waals surface area contributed by atoms with E-state index in [0.717, 1.165) is 0 Å². The second kappa shape index (κ2) is 5.39. The predicted molar refractivity (Wildman–Crippen MR) is 72.6 cm³/mol. The van der Waals surface area contributed by atoms with E-state index in [2.05, 4.69) is 0 Å². The normalized spacial score (nSPS) is 23.7. The molecule has 0 heterocycles. The zero-order valence-electron chi connectivity index (χ0n) is 12.2. The maximum atomic E-state index is 12.0. The van der Waals surface area contributed by atoms with Gasteiger partial charge in [-0.15, -0.1) is 0 Å². The molecular weight excluding hydrogens is 244 g/mol. The van der Waals surface area contributed by atoms with Crippen LogP contribution in [-0.4, -0.2) is 33.5 Å². The molecule has 0 aliphatic heterocycles. The van der Waals surface area contributed by atoms with Crippen LogP contribution in [0.3, 0.4) is 0 Å². The Balaban J connectivity index is 2.96. The molecule has 1 aliphatic rings. The van der Waals surface area contributed by atoms with E-state index in [1.165, 1.54) is 13.8 Å². The van der Waals surface area contributed by atoms with Crippen molar-refractivity contribution in [3.63, 3.8) is 0 Å². The maximum Gasteiger partial charge on any atom is 0.184 e. The molecule has 0 aromatic carbocycles. The van der Waals surface area contributed by atoms with E-state index in [9.17, 15) is 19.8 Å². The van der Waals surface area contributed by atoms with Gasteiger partial charge < -0.3 is 10.2 Å². The van der Waals surface area contributed by atoms with E-state index in [1.807, 2.05) is 0 Å². The highest BCUT2D eigenvalue weighted by molar-refractivity contribution is 6.09. The highest BCUT2D eigenvalue weighted by atomic mass is 16.3. The molecule has 2 unspecified atom stereocenters. The maximum absolute atomic E-state index is 12.0. The molecule has 19 heavy (non-hydrogen) atoms. The number of aliphatic hydroxyl groups is 2. The third-order valence-corrected chi connectivity index (χ3v) is 4.13. The molecule has 0 radical (unpaired) electrons. The van der Waals surface area contributed by atoms with Crippen LogP contribution >= 0.6 is 0 Å². The van der Waals surface area contributed by atoms with Crippen LogP contribution in [0.15, 0.2) is 22.3 Å². The Bertz CT molecular complexity index is 480. The van der Waals surface area contributed by atoms with Crippen LogP contribution in [0.4, 0.5) is 0 Å². The zero-order chi connectivity index (χ0) is 15.0. The van der Waals surface area contributed by atoms with Crippen LogP contribution in [-0.2, 0) is 9.59 Å². The lowest BCUT2D eigenvalue weighted by Gasteiger charge is -2.27. The van der Waals surface area contributed by atoms with Crippen molar-refractivity contribution >= 4 is 11.6 Å². The molecule has 2 atom stereocenters. The molecule has 0 amide bonds. The minimum atomic E-state index is -1.42. The van der Waals surface area contributed by atoms with Crippen molar-refractivity contribution in [2.24, 2.45) is 0 Å². The van der Waals surface area contributed by atoms with Gasteiger partial charge in [-0.05, 0) is 69.8 Å². The molecule has 0 fully saturated rings. The summed E-state index contributed by atoms with van der Waals surface area (Å²) < 4.78 is 0. The Kier molecular flexibility index (Phi) is 4.48. The summed E-state index contributed by atoms with van der Waals surface area (Å²) in [5.41, 5.74) is 0.935. The number of ketones is 2. The Morgan fingerprint density at radius 3 is 2.26 bits per heavy atom. The van der Waals surface area contributed by atoms with Gasteiger partial charge in [-0.25, -0.2) is 0 Å². The lowest BCUT2D eigenvalue weighted by Crippen LogP contribution is -2.34. The van der Waals surface area contributed by atoms with Crippen molar-refractivity contribution in [3.05, 3.63) is 22.3 Å². The van der Waals surface area contributed by atoms with Crippen LogP contribution in [0.5, 0.6) is 0 Å². The molecule has 0 saturated carbocycles. The number of hydrogen-bond donors (Lipinski definition) is 2. The highest BCUT2D eigenvalue weighted by Crippen LogP contribution is 2.31. The number of allylic oxidation sites excluding steroid dienone is 2. The summed E-state index contributed by atoms with van der Waals surface area (Å²) in [6.07, 6.45) is -0.262. The molecule has 1 rings (SSSR count). The first-order valence-corrected chi connectivity index (χ1v) is 6.42.